The quantitative estimate of drug-likeness (QED) is 0.632. The van der Waals surface area contributed by atoms with Crippen molar-refractivity contribution in [3.63, 3.8) is 0 Å². The van der Waals surface area contributed by atoms with Crippen molar-refractivity contribution in [1.82, 2.24) is 4.90 Å². The lowest BCUT2D eigenvalue weighted by Crippen LogP contribution is -2.46. The molecule has 1 fully saturated rings. The van der Waals surface area contributed by atoms with Crippen LogP contribution in [0.5, 0.6) is 0 Å². The lowest BCUT2D eigenvalue weighted by atomic mass is 10.1. The highest BCUT2D eigenvalue weighted by atomic mass is 79.9. The second kappa shape index (κ2) is 5.98. The maximum atomic E-state index is 10.9. The summed E-state index contributed by atoms with van der Waals surface area (Å²) in [5.74, 6) is 0. The molecule has 19 heavy (non-hydrogen) atoms. The van der Waals surface area contributed by atoms with Crippen LogP contribution < -0.4 is 0 Å². The predicted molar refractivity (Wildman–Crippen MR) is 76.1 cm³/mol. The van der Waals surface area contributed by atoms with E-state index in [0.29, 0.717) is 23.7 Å². The van der Waals surface area contributed by atoms with Crippen molar-refractivity contribution in [3.8, 4) is 0 Å². The number of nitro benzene ring substituents is 1. The Balaban J connectivity index is 2.19. The van der Waals surface area contributed by atoms with Crippen LogP contribution in [0.3, 0.4) is 0 Å². The molecule has 1 aromatic rings. The largest absolute Gasteiger partial charge is 0.376 e. The number of nitrogens with zero attached hydrogens (tertiary/aromatic N) is 2. The van der Waals surface area contributed by atoms with Crippen LogP contribution in [-0.4, -0.2) is 35.1 Å². The topological polar surface area (TPSA) is 55.6 Å². The summed E-state index contributed by atoms with van der Waals surface area (Å²) in [6.07, 6.45) is 0.202. The van der Waals surface area contributed by atoms with Crippen molar-refractivity contribution < 1.29 is 9.66 Å². The molecule has 0 aromatic heterocycles. The number of hydrogen-bond donors (Lipinski definition) is 0. The van der Waals surface area contributed by atoms with E-state index in [2.05, 4.69) is 27.8 Å². The molecule has 0 amide bonds. The number of nitro groups is 1. The second-order valence-corrected chi connectivity index (χ2v) is 5.72. The van der Waals surface area contributed by atoms with Gasteiger partial charge in [-0.2, -0.15) is 0 Å². The van der Waals surface area contributed by atoms with E-state index in [1.165, 1.54) is 6.07 Å². The van der Waals surface area contributed by atoms with E-state index >= 15 is 0 Å². The third kappa shape index (κ3) is 3.32. The van der Waals surface area contributed by atoms with E-state index in [-0.39, 0.29) is 16.7 Å². The molecule has 1 aromatic carbocycles. The van der Waals surface area contributed by atoms with Crippen LogP contribution in [0.1, 0.15) is 19.4 Å². The summed E-state index contributed by atoms with van der Waals surface area (Å²) in [6, 6.07) is 5.48. The zero-order valence-corrected chi connectivity index (χ0v) is 12.6. The predicted octanol–water partition coefficient (Wildman–Crippen LogP) is 2.97. The van der Waals surface area contributed by atoms with Gasteiger partial charge in [-0.3, -0.25) is 15.0 Å². The van der Waals surface area contributed by atoms with Gasteiger partial charge in [0.15, 0.2) is 0 Å². The lowest BCUT2D eigenvalue weighted by molar-refractivity contribution is -0.385. The summed E-state index contributed by atoms with van der Waals surface area (Å²) in [5.41, 5.74) is 1.06. The van der Waals surface area contributed by atoms with Crippen LogP contribution in [0.2, 0.25) is 0 Å². The Hall–Kier alpha value is -0.980. The molecular formula is C13H17BrN2O3. The smallest absolute Gasteiger partial charge is 0.283 e. The standard InChI is InChI=1S/C13H17BrN2O3/c1-9-8-19-10(2)6-15(9)7-11-4-3-5-12(13(11)14)16(17)18/h3-5,9-10H,6-8H2,1-2H3. The molecule has 0 bridgehead atoms. The molecule has 0 N–H and O–H groups in total. The van der Waals surface area contributed by atoms with Gasteiger partial charge in [0.05, 0.1) is 22.1 Å². The van der Waals surface area contributed by atoms with E-state index in [1.54, 1.807) is 6.07 Å². The Morgan fingerprint density at radius 2 is 2.26 bits per heavy atom. The normalized spacial score (nSPS) is 24.4. The van der Waals surface area contributed by atoms with Crippen LogP contribution in [0.15, 0.2) is 22.7 Å². The van der Waals surface area contributed by atoms with Gasteiger partial charge >= 0.3 is 0 Å². The zero-order chi connectivity index (χ0) is 14.0. The lowest BCUT2D eigenvalue weighted by Gasteiger charge is -2.36. The van der Waals surface area contributed by atoms with Crippen LogP contribution >= 0.6 is 15.9 Å². The second-order valence-electron chi connectivity index (χ2n) is 4.93. The number of benzene rings is 1. The van der Waals surface area contributed by atoms with Gasteiger partial charge < -0.3 is 4.74 Å². The molecule has 2 atom stereocenters. The molecule has 2 unspecified atom stereocenters. The van der Waals surface area contributed by atoms with Gasteiger partial charge in [0.1, 0.15) is 0 Å². The van der Waals surface area contributed by atoms with E-state index in [9.17, 15) is 10.1 Å². The van der Waals surface area contributed by atoms with Crippen LogP contribution in [-0.2, 0) is 11.3 Å². The minimum atomic E-state index is -0.362. The van der Waals surface area contributed by atoms with Crippen molar-refractivity contribution in [3.05, 3.63) is 38.3 Å². The van der Waals surface area contributed by atoms with E-state index in [0.717, 1.165) is 12.1 Å². The van der Waals surface area contributed by atoms with Crippen LogP contribution in [0.25, 0.3) is 0 Å². The highest BCUT2D eigenvalue weighted by molar-refractivity contribution is 9.10. The molecule has 1 heterocycles. The Morgan fingerprint density at radius 3 is 2.95 bits per heavy atom. The number of rotatable bonds is 3. The first-order valence-corrected chi connectivity index (χ1v) is 7.05. The highest BCUT2D eigenvalue weighted by Gasteiger charge is 2.25. The van der Waals surface area contributed by atoms with Gasteiger partial charge in [0.2, 0.25) is 0 Å². The third-order valence-corrected chi connectivity index (χ3v) is 4.28. The Bertz CT molecular complexity index is 481. The number of ether oxygens (including phenoxy) is 1. The molecule has 104 valence electrons. The van der Waals surface area contributed by atoms with Gasteiger partial charge in [-0.1, -0.05) is 12.1 Å². The molecule has 0 aliphatic carbocycles. The first-order valence-electron chi connectivity index (χ1n) is 6.26. The number of morpholine rings is 1. The molecule has 2 rings (SSSR count). The molecular weight excluding hydrogens is 312 g/mol. The molecule has 1 aliphatic heterocycles. The van der Waals surface area contributed by atoms with E-state index in [4.69, 9.17) is 4.74 Å². The van der Waals surface area contributed by atoms with Crippen molar-refractivity contribution >= 4 is 21.6 Å². The summed E-state index contributed by atoms with van der Waals surface area (Å²) in [6.45, 7) is 6.39. The minimum absolute atomic E-state index is 0.117. The maximum Gasteiger partial charge on any atom is 0.283 e. The zero-order valence-electron chi connectivity index (χ0n) is 11.0. The summed E-state index contributed by atoms with van der Waals surface area (Å²) >= 11 is 3.34. The fourth-order valence-electron chi connectivity index (χ4n) is 2.24. The van der Waals surface area contributed by atoms with Gasteiger partial charge in [-0.05, 0) is 35.3 Å². The van der Waals surface area contributed by atoms with Gasteiger partial charge in [-0.15, -0.1) is 0 Å². The summed E-state index contributed by atoms with van der Waals surface area (Å²) < 4.78 is 6.16. The number of halogens is 1. The van der Waals surface area contributed by atoms with E-state index < -0.39 is 0 Å². The molecule has 5 nitrogen and oxygen atoms in total. The Kier molecular flexibility index (Phi) is 4.54. The van der Waals surface area contributed by atoms with Crippen molar-refractivity contribution in [2.45, 2.75) is 32.5 Å². The van der Waals surface area contributed by atoms with Crippen LogP contribution in [0.4, 0.5) is 5.69 Å². The average molecular weight is 329 g/mol. The summed E-state index contributed by atoms with van der Waals surface area (Å²) in [4.78, 5) is 12.9. The first kappa shape index (κ1) is 14.4. The first-order chi connectivity index (χ1) is 8.99. The van der Waals surface area contributed by atoms with Crippen molar-refractivity contribution in [2.75, 3.05) is 13.2 Å². The monoisotopic (exact) mass is 328 g/mol. The van der Waals surface area contributed by atoms with Gasteiger partial charge in [0, 0.05) is 25.2 Å². The van der Waals surface area contributed by atoms with Crippen LogP contribution in [0, 0.1) is 10.1 Å². The van der Waals surface area contributed by atoms with E-state index in [1.807, 2.05) is 13.0 Å². The molecule has 0 radical (unpaired) electrons. The number of hydrogen-bond acceptors (Lipinski definition) is 4. The average Bonchev–Trinajstić information content (AvgIpc) is 2.36. The SMILES string of the molecule is CC1CN(Cc2cccc([N+](=O)[O-])c2Br)C(C)CO1. The fraction of sp³-hybridized carbons (Fsp3) is 0.538. The molecule has 0 saturated carbocycles. The summed E-state index contributed by atoms with van der Waals surface area (Å²) in [5, 5.41) is 10.9. The molecule has 1 aliphatic rings. The maximum absolute atomic E-state index is 10.9. The van der Waals surface area contributed by atoms with Crippen molar-refractivity contribution in [1.29, 1.82) is 0 Å². The highest BCUT2D eigenvalue weighted by Crippen LogP contribution is 2.30. The Morgan fingerprint density at radius 1 is 1.53 bits per heavy atom. The molecule has 6 heteroatoms. The molecule has 1 saturated heterocycles. The van der Waals surface area contributed by atoms with Gasteiger partial charge in [0.25, 0.3) is 5.69 Å². The Labute approximate surface area is 120 Å². The third-order valence-electron chi connectivity index (χ3n) is 3.37. The van der Waals surface area contributed by atoms with Crippen molar-refractivity contribution in [2.24, 2.45) is 0 Å². The van der Waals surface area contributed by atoms with Gasteiger partial charge in [-0.25, -0.2) is 0 Å². The fourth-order valence-corrected chi connectivity index (χ4v) is 2.77. The summed E-state index contributed by atoms with van der Waals surface area (Å²) in [7, 11) is 0. The molecule has 0 spiro atoms. The minimum Gasteiger partial charge on any atom is -0.376 e.